The van der Waals surface area contributed by atoms with Crippen molar-refractivity contribution in [3.8, 4) is 0 Å². The van der Waals surface area contributed by atoms with E-state index < -0.39 is 0 Å². The van der Waals surface area contributed by atoms with Crippen molar-refractivity contribution in [2.24, 2.45) is 17.8 Å². The predicted octanol–water partition coefficient (Wildman–Crippen LogP) is 3.69. The summed E-state index contributed by atoms with van der Waals surface area (Å²) in [5, 5.41) is 0. The zero-order chi connectivity index (χ0) is 11.8. The van der Waals surface area contributed by atoms with Gasteiger partial charge in [-0.15, -0.1) is 0 Å². The molecule has 0 aromatic rings. The van der Waals surface area contributed by atoms with Crippen LogP contribution < -0.4 is 0 Å². The normalized spacial score (nSPS) is 44.2. The lowest BCUT2D eigenvalue weighted by Crippen LogP contribution is -2.59. The van der Waals surface area contributed by atoms with Gasteiger partial charge >= 0.3 is 0 Å². The van der Waals surface area contributed by atoms with Crippen molar-refractivity contribution in [2.75, 3.05) is 19.6 Å². The van der Waals surface area contributed by atoms with Crippen LogP contribution in [-0.2, 0) is 0 Å². The van der Waals surface area contributed by atoms with Gasteiger partial charge < -0.3 is 4.48 Å². The number of rotatable bonds is 0. The molecular formula is C15H30N+. The van der Waals surface area contributed by atoms with Gasteiger partial charge in [0.25, 0.3) is 0 Å². The molecule has 0 aromatic heterocycles. The molecule has 0 amide bonds. The number of hydrogen-bond donors (Lipinski definition) is 0. The molecule has 0 aromatic carbocycles. The van der Waals surface area contributed by atoms with Crippen LogP contribution in [0.15, 0.2) is 0 Å². The van der Waals surface area contributed by atoms with Crippen LogP contribution in [0.3, 0.4) is 0 Å². The summed E-state index contributed by atoms with van der Waals surface area (Å²) in [6.07, 6.45) is 5.86. The summed E-state index contributed by atoms with van der Waals surface area (Å²) in [6, 6.07) is 0.896. The number of nitrogens with zero attached hydrogens (tertiary/aromatic N) is 1. The summed E-state index contributed by atoms with van der Waals surface area (Å²) < 4.78 is 1.45. The largest absolute Gasteiger partial charge is 0.321 e. The van der Waals surface area contributed by atoms with Gasteiger partial charge in [-0.05, 0) is 38.5 Å². The molecule has 2 heterocycles. The Balaban J connectivity index is 2.20. The Labute approximate surface area is 102 Å². The summed E-state index contributed by atoms with van der Waals surface area (Å²) in [5.74, 6) is 2.76. The van der Waals surface area contributed by atoms with E-state index >= 15 is 0 Å². The molecule has 2 saturated heterocycles. The topological polar surface area (TPSA) is 0 Å². The fourth-order valence-corrected chi connectivity index (χ4v) is 4.21. The summed E-state index contributed by atoms with van der Waals surface area (Å²) in [6.45, 7) is 14.4. The lowest BCUT2D eigenvalue weighted by molar-refractivity contribution is -0.958. The van der Waals surface area contributed by atoms with Crippen molar-refractivity contribution in [2.45, 2.75) is 59.4 Å². The van der Waals surface area contributed by atoms with Crippen molar-refractivity contribution in [3.05, 3.63) is 0 Å². The van der Waals surface area contributed by atoms with Gasteiger partial charge in [0, 0.05) is 11.8 Å². The van der Waals surface area contributed by atoms with Crippen LogP contribution >= 0.6 is 0 Å². The maximum atomic E-state index is 2.53. The zero-order valence-corrected chi connectivity index (χ0v) is 11.7. The van der Waals surface area contributed by atoms with Gasteiger partial charge in [0.15, 0.2) is 0 Å². The van der Waals surface area contributed by atoms with Gasteiger partial charge in [0.2, 0.25) is 0 Å². The van der Waals surface area contributed by atoms with E-state index in [9.17, 15) is 0 Å². The minimum absolute atomic E-state index is 0.896. The lowest BCUT2D eigenvalue weighted by Gasteiger charge is -2.48. The van der Waals surface area contributed by atoms with Crippen molar-refractivity contribution >= 4 is 0 Å². The second-order valence-electron chi connectivity index (χ2n) is 6.82. The maximum Gasteiger partial charge on any atom is 0.0887 e. The molecule has 2 fully saturated rings. The predicted molar refractivity (Wildman–Crippen MR) is 70.3 cm³/mol. The minimum Gasteiger partial charge on any atom is -0.321 e. The Morgan fingerprint density at radius 2 is 1.38 bits per heavy atom. The molecule has 1 heteroatoms. The first-order valence-corrected chi connectivity index (χ1v) is 7.41. The van der Waals surface area contributed by atoms with Crippen LogP contribution in [0.25, 0.3) is 0 Å². The van der Waals surface area contributed by atoms with E-state index in [1.54, 1.807) is 0 Å². The van der Waals surface area contributed by atoms with Gasteiger partial charge in [-0.1, -0.05) is 20.8 Å². The molecule has 2 rings (SSSR count). The maximum absolute atomic E-state index is 2.53. The SMILES string of the molecule is CC1CC(C)C(C)[N+]2(CCCCC2)CC1C. The monoisotopic (exact) mass is 224 g/mol. The van der Waals surface area contributed by atoms with Crippen LogP contribution in [0.2, 0.25) is 0 Å². The highest BCUT2D eigenvalue weighted by Gasteiger charge is 2.43. The third-order valence-electron chi connectivity index (χ3n) is 5.76. The van der Waals surface area contributed by atoms with Crippen LogP contribution in [0.5, 0.6) is 0 Å². The number of hydrogen-bond acceptors (Lipinski definition) is 0. The Hall–Kier alpha value is -0.0400. The van der Waals surface area contributed by atoms with E-state index in [2.05, 4.69) is 27.7 Å². The third-order valence-corrected chi connectivity index (χ3v) is 5.76. The molecule has 2 aliphatic rings. The smallest absolute Gasteiger partial charge is 0.0887 e. The second-order valence-corrected chi connectivity index (χ2v) is 6.82. The van der Waals surface area contributed by atoms with E-state index in [0.717, 1.165) is 23.8 Å². The van der Waals surface area contributed by atoms with Gasteiger partial charge in [-0.2, -0.15) is 0 Å². The summed E-state index contributed by atoms with van der Waals surface area (Å²) in [7, 11) is 0. The molecule has 94 valence electrons. The zero-order valence-electron chi connectivity index (χ0n) is 11.7. The lowest BCUT2D eigenvalue weighted by atomic mass is 9.87. The second kappa shape index (κ2) is 4.68. The first kappa shape index (κ1) is 12.4. The van der Waals surface area contributed by atoms with Crippen LogP contribution in [-0.4, -0.2) is 30.2 Å². The number of piperidine rings is 1. The van der Waals surface area contributed by atoms with Crippen LogP contribution in [0.1, 0.15) is 53.4 Å². The molecular weight excluding hydrogens is 194 g/mol. The standard InChI is InChI=1S/C15H30N/c1-12-10-13(2)15(4)16(11-14(12)3)8-6-5-7-9-16/h12-15H,5-11H2,1-4H3/q+1. The molecule has 0 aliphatic carbocycles. The van der Waals surface area contributed by atoms with E-state index in [1.807, 2.05) is 0 Å². The molecule has 4 atom stereocenters. The molecule has 0 radical (unpaired) electrons. The third kappa shape index (κ3) is 2.16. The van der Waals surface area contributed by atoms with Crippen LogP contribution in [0, 0.1) is 17.8 Å². The highest BCUT2D eigenvalue weighted by molar-refractivity contribution is 4.77. The molecule has 2 aliphatic heterocycles. The Morgan fingerprint density at radius 3 is 2.00 bits per heavy atom. The highest BCUT2D eigenvalue weighted by atomic mass is 15.4. The van der Waals surface area contributed by atoms with Crippen molar-refractivity contribution < 1.29 is 4.48 Å². The average Bonchev–Trinajstić information content (AvgIpc) is 2.34. The summed E-state index contributed by atoms with van der Waals surface area (Å²) in [5.41, 5.74) is 0. The Kier molecular flexibility index (Phi) is 3.63. The van der Waals surface area contributed by atoms with Crippen molar-refractivity contribution in [1.29, 1.82) is 0 Å². The Bertz CT molecular complexity index is 230. The quantitative estimate of drug-likeness (QED) is 0.551. The van der Waals surface area contributed by atoms with Gasteiger partial charge in [-0.3, -0.25) is 0 Å². The summed E-state index contributed by atoms with van der Waals surface area (Å²) >= 11 is 0. The van der Waals surface area contributed by atoms with E-state index in [0.29, 0.717) is 0 Å². The molecule has 0 bridgehead atoms. The van der Waals surface area contributed by atoms with E-state index in [4.69, 9.17) is 0 Å². The van der Waals surface area contributed by atoms with Gasteiger partial charge in [0.1, 0.15) is 0 Å². The average molecular weight is 224 g/mol. The molecule has 16 heavy (non-hydrogen) atoms. The van der Waals surface area contributed by atoms with Gasteiger partial charge in [-0.25, -0.2) is 0 Å². The molecule has 0 saturated carbocycles. The highest BCUT2D eigenvalue weighted by Crippen LogP contribution is 2.37. The van der Waals surface area contributed by atoms with E-state index in [1.165, 1.54) is 49.8 Å². The summed E-state index contributed by atoms with van der Waals surface area (Å²) in [4.78, 5) is 0. The minimum atomic E-state index is 0.896. The van der Waals surface area contributed by atoms with Crippen molar-refractivity contribution in [3.63, 3.8) is 0 Å². The van der Waals surface area contributed by atoms with Crippen LogP contribution in [0.4, 0.5) is 0 Å². The first-order valence-electron chi connectivity index (χ1n) is 7.41. The molecule has 1 spiro atoms. The molecule has 4 unspecified atom stereocenters. The van der Waals surface area contributed by atoms with E-state index in [-0.39, 0.29) is 0 Å². The Morgan fingerprint density at radius 1 is 0.750 bits per heavy atom. The van der Waals surface area contributed by atoms with Gasteiger partial charge in [0.05, 0.1) is 25.7 Å². The van der Waals surface area contributed by atoms with Crippen molar-refractivity contribution in [1.82, 2.24) is 0 Å². The number of quaternary nitrogens is 1. The first-order chi connectivity index (χ1) is 7.55. The fourth-order valence-electron chi connectivity index (χ4n) is 4.21. The molecule has 0 N–H and O–H groups in total. The molecule has 1 nitrogen and oxygen atoms in total. The fraction of sp³-hybridized carbons (Fsp3) is 1.00.